The van der Waals surface area contributed by atoms with Crippen molar-refractivity contribution in [3.05, 3.63) is 188 Å². The van der Waals surface area contributed by atoms with Gasteiger partial charge in [-0.2, -0.15) is 0 Å². The SMILES string of the molecule is c1ccc(-n2c3ccccc3c3c4cc(-c5cccc6c5sc5cccc(-n7c8ccccc8c8ccccc87)c56)ccc4n(-c4ccccc4)c32)cc1. The third-order valence-electron chi connectivity index (χ3n) is 11.2. The number of thiophene rings is 1. The smallest absolute Gasteiger partial charge is 0.131 e. The molecule has 0 bridgehead atoms. The van der Waals surface area contributed by atoms with Crippen molar-refractivity contribution in [2.45, 2.75) is 0 Å². The predicted octanol–water partition coefficient (Wildman–Crippen LogP) is 13.9. The highest BCUT2D eigenvalue weighted by Gasteiger charge is 2.23. The Morgan fingerprint density at radius 1 is 0.352 bits per heavy atom. The molecule has 0 aliphatic rings. The zero-order valence-corrected chi connectivity index (χ0v) is 30.0. The van der Waals surface area contributed by atoms with Crippen molar-refractivity contribution >= 4 is 86.2 Å². The minimum Gasteiger partial charge on any atom is -0.309 e. The molecule has 0 radical (unpaired) electrons. The van der Waals surface area contributed by atoms with Crippen LogP contribution in [0.2, 0.25) is 0 Å². The van der Waals surface area contributed by atoms with Crippen molar-refractivity contribution in [3.63, 3.8) is 0 Å². The average Bonchev–Trinajstić information content (AvgIpc) is 3.97. The lowest BCUT2D eigenvalue weighted by Crippen LogP contribution is -2.01. The van der Waals surface area contributed by atoms with Gasteiger partial charge in [0.25, 0.3) is 0 Å². The Morgan fingerprint density at radius 2 is 0.889 bits per heavy atom. The van der Waals surface area contributed by atoms with Gasteiger partial charge in [-0.3, -0.25) is 9.13 Å². The summed E-state index contributed by atoms with van der Waals surface area (Å²) in [5.41, 5.74) is 12.0. The van der Waals surface area contributed by atoms with E-state index in [0.29, 0.717) is 0 Å². The van der Waals surface area contributed by atoms with Gasteiger partial charge in [0.05, 0.1) is 27.8 Å². The maximum Gasteiger partial charge on any atom is 0.131 e. The Bertz CT molecular complexity index is 3380. The molecule has 4 aromatic heterocycles. The van der Waals surface area contributed by atoms with Gasteiger partial charge in [-0.1, -0.05) is 121 Å². The number of benzene rings is 8. The summed E-state index contributed by atoms with van der Waals surface area (Å²) in [6.45, 7) is 0. The molecule has 12 aromatic rings. The van der Waals surface area contributed by atoms with E-state index in [9.17, 15) is 0 Å². The van der Waals surface area contributed by atoms with Crippen LogP contribution in [-0.2, 0) is 0 Å². The van der Waals surface area contributed by atoms with E-state index >= 15 is 0 Å². The summed E-state index contributed by atoms with van der Waals surface area (Å²) >= 11 is 1.90. The first-order valence-electron chi connectivity index (χ1n) is 18.5. The van der Waals surface area contributed by atoms with Gasteiger partial charge in [-0.25, -0.2) is 0 Å². The van der Waals surface area contributed by atoms with Crippen molar-refractivity contribution in [3.8, 4) is 28.2 Å². The minimum atomic E-state index is 1.15. The van der Waals surface area contributed by atoms with Crippen molar-refractivity contribution in [1.29, 1.82) is 0 Å². The average molecular weight is 706 g/mol. The second-order valence-electron chi connectivity index (χ2n) is 14.1. The molecule has 4 heteroatoms. The quantitative estimate of drug-likeness (QED) is 0.173. The number of rotatable bonds is 4. The summed E-state index contributed by atoms with van der Waals surface area (Å²) in [5, 5.41) is 8.92. The Hall–Kier alpha value is -6.88. The second kappa shape index (κ2) is 11.3. The maximum atomic E-state index is 2.46. The molecular weight excluding hydrogens is 675 g/mol. The fourth-order valence-corrected chi connectivity index (χ4v) is 10.3. The normalized spacial score (nSPS) is 12.1. The van der Waals surface area contributed by atoms with Gasteiger partial charge in [-0.15, -0.1) is 11.3 Å². The molecule has 0 saturated heterocycles. The molecule has 0 atom stereocenters. The van der Waals surface area contributed by atoms with E-state index in [4.69, 9.17) is 0 Å². The van der Waals surface area contributed by atoms with Crippen molar-refractivity contribution in [1.82, 2.24) is 13.7 Å². The van der Waals surface area contributed by atoms with E-state index in [2.05, 4.69) is 202 Å². The summed E-state index contributed by atoms with van der Waals surface area (Å²) in [7, 11) is 0. The van der Waals surface area contributed by atoms with Crippen LogP contribution in [0.1, 0.15) is 0 Å². The molecule has 0 saturated carbocycles. The summed E-state index contributed by atoms with van der Waals surface area (Å²) in [6, 6.07) is 68.7. The number of hydrogen-bond acceptors (Lipinski definition) is 1. The van der Waals surface area contributed by atoms with E-state index in [-0.39, 0.29) is 0 Å². The van der Waals surface area contributed by atoms with Gasteiger partial charge in [-0.05, 0) is 77.9 Å². The molecular formula is C50H31N3S. The summed E-state index contributed by atoms with van der Waals surface area (Å²) in [5.74, 6) is 0. The van der Waals surface area contributed by atoms with Crippen LogP contribution in [0.5, 0.6) is 0 Å². The third-order valence-corrected chi connectivity index (χ3v) is 12.4. The largest absolute Gasteiger partial charge is 0.309 e. The molecule has 252 valence electrons. The topological polar surface area (TPSA) is 14.8 Å². The van der Waals surface area contributed by atoms with Crippen LogP contribution in [0.3, 0.4) is 0 Å². The van der Waals surface area contributed by atoms with E-state index in [0.717, 1.165) is 11.4 Å². The fourth-order valence-electron chi connectivity index (χ4n) is 9.02. The molecule has 0 spiro atoms. The Morgan fingerprint density at radius 3 is 1.56 bits per heavy atom. The van der Waals surface area contributed by atoms with Crippen LogP contribution in [0.25, 0.3) is 103 Å². The second-order valence-corrected chi connectivity index (χ2v) is 15.1. The van der Waals surface area contributed by atoms with E-state index < -0.39 is 0 Å². The van der Waals surface area contributed by atoms with Gasteiger partial charge in [0.1, 0.15) is 5.65 Å². The van der Waals surface area contributed by atoms with Crippen LogP contribution in [0.15, 0.2) is 188 Å². The molecule has 8 aromatic carbocycles. The van der Waals surface area contributed by atoms with Gasteiger partial charge >= 0.3 is 0 Å². The Kier molecular flexibility index (Phi) is 6.21. The van der Waals surface area contributed by atoms with Gasteiger partial charge in [0.15, 0.2) is 0 Å². The number of aromatic nitrogens is 3. The maximum absolute atomic E-state index is 2.46. The first-order chi connectivity index (χ1) is 26.8. The van der Waals surface area contributed by atoms with Crippen LogP contribution in [0.4, 0.5) is 0 Å². The lowest BCUT2D eigenvalue weighted by molar-refractivity contribution is 1.07. The molecule has 0 amide bonds. The third kappa shape index (κ3) is 4.06. The fraction of sp³-hybridized carbons (Fsp3) is 0. The van der Waals surface area contributed by atoms with Gasteiger partial charge < -0.3 is 4.57 Å². The lowest BCUT2D eigenvalue weighted by atomic mass is 10.00. The number of hydrogen-bond donors (Lipinski definition) is 0. The van der Waals surface area contributed by atoms with E-state index in [1.807, 2.05) is 11.3 Å². The molecule has 54 heavy (non-hydrogen) atoms. The molecule has 0 unspecified atom stereocenters. The van der Waals surface area contributed by atoms with Crippen LogP contribution < -0.4 is 0 Å². The van der Waals surface area contributed by atoms with Gasteiger partial charge in [0, 0.05) is 58.5 Å². The van der Waals surface area contributed by atoms with Crippen LogP contribution in [0, 0.1) is 0 Å². The zero-order valence-electron chi connectivity index (χ0n) is 29.1. The highest BCUT2D eigenvalue weighted by atomic mass is 32.1. The Balaban J connectivity index is 1.15. The Labute approximate surface area is 314 Å². The summed E-state index contributed by atoms with van der Waals surface area (Å²) in [4.78, 5) is 0. The molecule has 0 aliphatic carbocycles. The predicted molar refractivity (Wildman–Crippen MR) is 230 cm³/mol. The number of fused-ring (bicyclic) bond motifs is 11. The van der Waals surface area contributed by atoms with Gasteiger partial charge in [0.2, 0.25) is 0 Å². The van der Waals surface area contributed by atoms with Crippen molar-refractivity contribution in [2.75, 3.05) is 0 Å². The van der Waals surface area contributed by atoms with Crippen molar-refractivity contribution < 1.29 is 0 Å². The molecule has 12 rings (SSSR count). The highest BCUT2D eigenvalue weighted by molar-refractivity contribution is 7.26. The minimum absolute atomic E-state index is 1.15. The molecule has 0 N–H and O–H groups in total. The molecule has 0 fully saturated rings. The lowest BCUT2D eigenvalue weighted by Gasteiger charge is -2.13. The zero-order chi connectivity index (χ0) is 35.3. The molecule has 3 nitrogen and oxygen atoms in total. The van der Waals surface area contributed by atoms with Crippen LogP contribution in [-0.4, -0.2) is 13.7 Å². The number of para-hydroxylation sites is 5. The standard InChI is InChI=1S/C50H31N3S/c1-3-15-33(16-4-1)51-43-26-12-9-21-38(43)47-40-31-32(29-30-44(40)52(50(47)51)34-17-5-2-6-18-34)35-22-13-23-39-48-45(27-14-28-46(48)54-49(35)39)53-41-24-10-7-19-36(41)37-20-8-11-25-42(37)53/h1-31H. The molecule has 0 aliphatic heterocycles. The highest BCUT2D eigenvalue weighted by Crippen LogP contribution is 2.46. The van der Waals surface area contributed by atoms with Crippen LogP contribution >= 0.6 is 11.3 Å². The first-order valence-corrected chi connectivity index (χ1v) is 19.3. The molecule has 4 heterocycles. The summed E-state index contributed by atoms with van der Waals surface area (Å²) < 4.78 is 9.94. The monoisotopic (exact) mass is 705 g/mol. The van der Waals surface area contributed by atoms with Crippen molar-refractivity contribution in [2.24, 2.45) is 0 Å². The number of nitrogens with zero attached hydrogens (tertiary/aromatic N) is 3. The van der Waals surface area contributed by atoms with E-state index in [1.165, 1.54) is 91.6 Å². The van der Waals surface area contributed by atoms with E-state index in [1.54, 1.807) is 0 Å². The summed E-state index contributed by atoms with van der Waals surface area (Å²) in [6.07, 6.45) is 0. The first kappa shape index (κ1) is 29.7.